The Morgan fingerprint density at radius 3 is 2.46 bits per heavy atom. The molecule has 1 heterocycles. The van der Waals surface area contributed by atoms with E-state index in [1.807, 2.05) is 27.7 Å². The summed E-state index contributed by atoms with van der Waals surface area (Å²) < 4.78 is 47.1. The molecular weight excluding hydrogens is 373 g/mol. The minimum Gasteiger partial charge on any atom is -0.444 e. The summed E-state index contributed by atoms with van der Waals surface area (Å²) in [6.45, 7) is 13.1. The molecule has 0 radical (unpaired) electrons. The number of ether oxygens (including phenoxy) is 2. The highest BCUT2D eigenvalue weighted by molar-refractivity contribution is 5.68. The van der Waals surface area contributed by atoms with Crippen molar-refractivity contribution in [1.82, 2.24) is 9.80 Å². The fourth-order valence-electron chi connectivity index (χ4n) is 3.04. The molecule has 0 aliphatic carbocycles. The SMILES string of the molecule is C=Cc1cc(CN2CCN(C(=O)OC(C)(C)C)C[C@H]2C)cc(OC(F)(F)F)c1. The predicted molar refractivity (Wildman–Crippen MR) is 101 cm³/mol. The molecule has 1 fully saturated rings. The van der Waals surface area contributed by atoms with Gasteiger partial charge in [-0.3, -0.25) is 4.90 Å². The quantitative estimate of drug-likeness (QED) is 0.737. The smallest absolute Gasteiger partial charge is 0.444 e. The molecular formula is C20H27F3N2O3. The third-order valence-electron chi connectivity index (χ3n) is 4.26. The van der Waals surface area contributed by atoms with E-state index < -0.39 is 12.0 Å². The first-order valence-electron chi connectivity index (χ1n) is 9.10. The van der Waals surface area contributed by atoms with Crippen molar-refractivity contribution in [3.8, 4) is 5.75 Å². The number of benzene rings is 1. The fraction of sp³-hybridized carbons (Fsp3) is 0.550. The van der Waals surface area contributed by atoms with Crippen LogP contribution in [0.2, 0.25) is 0 Å². The maximum atomic E-state index is 12.6. The van der Waals surface area contributed by atoms with Crippen molar-refractivity contribution in [2.75, 3.05) is 19.6 Å². The van der Waals surface area contributed by atoms with Gasteiger partial charge in [-0.1, -0.05) is 18.7 Å². The maximum Gasteiger partial charge on any atom is 0.573 e. The van der Waals surface area contributed by atoms with Gasteiger partial charge in [-0.2, -0.15) is 0 Å². The predicted octanol–water partition coefficient (Wildman–Crippen LogP) is 4.67. The van der Waals surface area contributed by atoms with Gasteiger partial charge >= 0.3 is 12.5 Å². The van der Waals surface area contributed by atoms with Crippen LogP contribution in [0, 0.1) is 0 Å². The number of halogens is 3. The number of piperazine rings is 1. The summed E-state index contributed by atoms with van der Waals surface area (Å²) >= 11 is 0. The summed E-state index contributed by atoms with van der Waals surface area (Å²) in [6.07, 6.45) is -3.62. The Morgan fingerprint density at radius 2 is 1.93 bits per heavy atom. The molecule has 1 aromatic carbocycles. The highest BCUT2D eigenvalue weighted by Crippen LogP contribution is 2.27. The molecule has 1 aliphatic rings. The van der Waals surface area contributed by atoms with Crippen LogP contribution in [0.1, 0.15) is 38.8 Å². The van der Waals surface area contributed by atoms with Gasteiger partial charge in [-0.05, 0) is 51.0 Å². The second-order valence-electron chi connectivity index (χ2n) is 7.91. The molecule has 0 aromatic heterocycles. The standard InChI is InChI=1S/C20H27F3N2O3/c1-6-15-9-16(11-17(10-15)27-20(21,22)23)13-24-7-8-25(12-14(24)2)18(26)28-19(3,4)5/h6,9-11,14H,1,7-8,12-13H2,2-5H3/t14-/m1/s1. The van der Waals surface area contributed by atoms with Gasteiger partial charge in [-0.25, -0.2) is 4.79 Å². The zero-order chi connectivity index (χ0) is 21.1. The van der Waals surface area contributed by atoms with E-state index in [4.69, 9.17) is 4.74 Å². The normalized spacial score (nSPS) is 18.7. The largest absolute Gasteiger partial charge is 0.573 e. The first-order chi connectivity index (χ1) is 12.9. The van der Waals surface area contributed by atoms with E-state index in [2.05, 4.69) is 16.2 Å². The lowest BCUT2D eigenvalue weighted by atomic mass is 10.1. The third kappa shape index (κ3) is 6.74. The van der Waals surface area contributed by atoms with Crippen molar-refractivity contribution in [3.05, 3.63) is 35.9 Å². The molecule has 0 unspecified atom stereocenters. The van der Waals surface area contributed by atoms with Crippen LogP contribution >= 0.6 is 0 Å². The van der Waals surface area contributed by atoms with E-state index in [1.165, 1.54) is 18.2 Å². The van der Waals surface area contributed by atoms with Gasteiger partial charge in [-0.15, -0.1) is 13.2 Å². The van der Waals surface area contributed by atoms with Gasteiger partial charge in [0.05, 0.1) is 0 Å². The van der Waals surface area contributed by atoms with Crippen LogP contribution in [0.3, 0.4) is 0 Å². The summed E-state index contributed by atoms with van der Waals surface area (Å²) in [5.74, 6) is -0.264. The van der Waals surface area contributed by atoms with Crippen molar-refractivity contribution in [3.63, 3.8) is 0 Å². The van der Waals surface area contributed by atoms with E-state index in [0.29, 0.717) is 37.3 Å². The highest BCUT2D eigenvalue weighted by Gasteiger charge is 2.32. The van der Waals surface area contributed by atoms with E-state index in [9.17, 15) is 18.0 Å². The van der Waals surface area contributed by atoms with Gasteiger partial charge in [0.15, 0.2) is 0 Å². The maximum absolute atomic E-state index is 12.6. The monoisotopic (exact) mass is 400 g/mol. The summed E-state index contributed by atoms with van der Waals surface area (Å²) in [7, 11) is 0. The molecule has 1 amide bonds. The second kappa shape index (κ2) is 8.43. The molecule has 28 heavy (non-hydrogen) atoms. The molecule has 0 bridgehead atoms. The van der Waals surface area contributed by atoms with Gasteiger partial charge in [0.2, 0.25) is 0 Å². The molecule has 1 saturated heterocycles. The number of carbonyl (C=O) groups excluding carboxylic acids is 1. The number of alkyl halides is 3. The van der Waals surface area contributed by atoms with Gasteiger partial charge in [0.25, 0.3) is 0 Å². The van der Waals surface area contributed by atoms with Crippen LogP contribution in [0.25, 0.3) is 6.08 Å². The molecule has 0 spiro atoms. The van der Waals surface area contributed by atoms with Crippen LogP contribution in [0.5, 0.6) is 5.75 Å². The lowest BCUT2D eigenvalue weighted by molar-refractivity contribution is -0.274. The zero-order valence-electron chi connectivity index (χ0n) is 16.7. The van der Waals surface area contributed by atoms with Crippen LogP contribution in [0.4, 0.5) is 18.0 Å². The first kappa shape index (κ1) is 22.1. The minimum atomic E-state index is -4.75. The molecule has 156 valence electrons. The molecule has 1 aliphatic heterocycles. The number of rotatable bonds is 4. The van der Waals surface area contributed by atoms with E-state index in [0.717, 1.165) is 0 Å². The molecule has 2 rings (SSSR count). The van der Waals surface area contributed by atoms with E-state index >= 15 is 0 Å². The topological polar surface area (TPSA) is 42.0 Å². The van der Waals surface area contributed by atoms with Crippen molar-refractivity contribution in [1.29, 1.82) is 0 Å². The van der Waals surface area contributed by atoms with Gasteiger partial charge < -0.3 is 14.4 Å². The van der Waals surface area contributed by atoms with Gasteiger partial charge in [0, 0.05) is 32.2 Å². The molecule has 8 heteroatoms. The Kier molecular flexibility index (Phi) is 6.64. The average Bonchev–Trinajstić information content (AvgIpc) is 2.53. The number of hydrogen-bond donors (Lipinski definition) is 0. The molecule has 0 saturated carbocycles. The third-order valence-corrected chi connectivity index (χ3v) is 4.26. The van der Waals surface area contributed by atoms with Crippen molar-refractivity contribution in [2.24, 2.45) is 0 Å². The summed E-state index contributed by atoms with van der Waals surface area (Å²) in [5.41, 5.74) is 0.684. The van der Waals surface area contributed by atoms with Crippen molar-refractivity contribution < 1.29 is 27.4 Å². The number of hydrogen-bond acceptors (Lipinski definition) is 4. The molecule has 5 nitrogen and oxygen atoms in total. The Labute approximate surface area is 163 Å². The fourth-order valence-corrected chi connectivity index (χ4v) is 3.04. The molecule has 1 aromatic rings. The number of amides is 1. The Morgan fingerprint density at radius 1 is 1.25 bits per heavy atom. The van der Waals surface area contributed by atoms with Crippen LogP contribution in [-0.4, -0.2) is 53.5 Å². The first-order valence-corrected chi connectivity index (χ1v) is 9.10. The summed E-state index contributed by atoms with van der Waals surface area (Å²) in [6, 6.07) is 4.49. The lowest BCUT2D eigenvalue weighted by Crippen LogP contribution is -2.54. The molecule has 1 atom stereocenters. The number of nitrogens with zero attached hydrogens (tertiary/aromatic N) is 2. The van der Waals surface area contributed by atoms with Crippen LogP contribution in [0.15, 0.2) is 24.8 Å². The van der Waals surface area contributed by atoms with Crippen LogP contribution in [-0.2, 0) is 11.3 Å². The number of carbonyl (C=O) groups is 1. The lowest BCUT2D eigenvalue weighted by Gasteiger charge is -2.40. The Balaban J connectivity index is 2.05. The Bertz CT molecular complexity index is 714. The second-order valence-corrected chi connectivity index (χ2v) is 7.91. The highest BCUT2D eigenvalue weighted by atomic mass is 19.4. The minimum absolute atomic E-state index is 0.0284. The zero-order valence-corrected chi connectivity index (χ0v) is 16.7. The van der Waals surface area contributed by atoms with Crippen molar-refractivity contribution in [2.45, 2.75) is 52.2 Å². The van der Waals surface area contributed by atoms with Gasteiger partial charge in [0.1, 0.15) is 11.4 Å². The van der Waals surface area contributed by atoms with Crippen molar-refractivity contribution >= 4 is 12.2 Å². The van der Waals surface area contributed by atoms with E-state index in [1.54, 1.807) is 11.0 Å². The summed E-state index contributed by atoms with van der Waals surface area (Å²) in [5, 5.41) is 0. The van der Waals surface area contributed by atoms with Crippen LogP contribution < -0.4 is 4.74 Å². The van der Waals surface area contributed by atoms with E-state index in [-0.39, 0.29) is 17.9 Å². The summed E-state index contributed by atoms with van der Waals surface area (Å²) in [4.78, 5) is 16.0. The average molecular weight is 400 g/mol. The Hall–Kier alpha value is -2.22. The molecule has 0 N–H and O–H groups in total.